The van der Waals surface area contributed by atoms with Gasteiger partial charge in [0.15, 0.2) is 0 Å². The molecule has 29 heavy (non-hydrogen) atoms. The van der Waals surface area contributed by atoms with Crippen LogP contribution in [-0.2, 0) is 20.8 Å². The van der Waals surface area contributed by atoms with E-state index >= 15 is 0 Å². The molecular formula is C23H29NO4S. The molecule has 2 rings (SSSR count). The highest BCUT2D eigenvalue weighted by Crippen LogP contribution is 2.28. The fraction of sp³-hybridized carbons (Fsp3) is 0.348. The lowest BCUT2D eigenvalue weighted by Gasteiger charge is -2.33. The molecule has 2 aromatic carbocycles. The van der Waals surface area contributed by atoms with Gasteiger partial charge in [0.05, 0.1) is 5.69 Å². The van der Waals surface area contributed by atoms with Crippen molar-refractivity contribution in [2.24, 2.45) is 5.92 Å². The van der Waals surface area contributed by atoms with Crippen molar-refractivity contribution in [1.82, 2.24) is 0 Å². The molecule has 2 unspecified atom stereocenters. The Hall–Kier alpha value is -2.44. The third-order valence-electron chi connectivity index (χ3n) is 4.30. The van der Waals surface area contributed by atoms with Crippen molar-refractivity contribution in [2.45, 2.75) is 46.3 Å². The molecule has 0 aliphatic rings. The zero-order valence-electron chi connectivity index (χ0n) is 17.6. The quantitative estimate of drug-likeness (QED) is 0.492. The zero-order valence-corrected chi connectivity index (χ0v) is 18.4. The smallest absolute Gasteiger partial charge is 0.330 e. The fourth-order valence-corrected chi connectivity index (χ4v) is 3.79. The molecule has 0 radical (unpaired) electrons. The number of carbonyl (C=O) groups is 1. The van der Waals surface area contributed by atoms with E-state index in [1.807, 2.05) is 50.2 Å². The molecule has 0 bridgehead atoms. The van der Waals surface area contributed by atoms with Gasteiger partial charge >= 0.3 is 5.97 Å². The molecule has 0 fully saturated rings. The van der Waals surface area contributed by atoms with Gasteiger partial charge in [-0.3, -0.25) is 8.86 Å². The molecule has 0 aromatic heterocycles. The summed E-state index contributed by atoms with van der Waals surface area (Å²) in [6.45, 7) is 12.7. The van der Waals surface area contributed by atoms with Crippen LogP contribution in [0.4, 0.5) is 5.69 Å². The lowest BCUT2D eigenvalue weighted by atomic mass is 10.0. The molecule has 0 saturated carbocycles. The van der Waals surface area contributed by atoms with Gasteiger partial charge in [0.2, 0.25) is 0 Å². The van der Waals surface area contributed by atoms with Crippen molar-refractivity contribution in [3.63, 3.8) is 0 Å². The number of ether oxygens (including phenoxy) is 1. The van der Waals surface area contributed by atoms with Crippen LogP contribution in [0.25, 0.3) is 17.2 Å². The summed E-state index contributed by atoms with van der Waals surface area (Å²) >= 11 is -2.39. The molecule has 0 amide bonds. The maximum atomic E-state index is 12.8. The Labute approximate surface area is 175 Å². The molecule has 2 atom stereocenters. The number of esters is 1. The number of nitrogens with zero attached hydrogens (tertiary/aromatic N) is 1. The van der Waals surface area contributed by atoms with Gasteiger partial charge in [0.25, 0.3) is 11.3 Å². The Morgan fingerprint density at radius 2 is 1.55 bits per heavy atom. The topological polar surface area (TPSA) is 66.8 Å². The van der Waals surface area contributed by atoms with Gasteiger partial charge in [0.1, 0.15) is 11.6 Å². The molecule has 6 heteroatoms. The molecule has 0 spiro atoms. The number of carbonyl (C=O) groups excluding carboxylic acids is 1. The van der Waals surface area contributed by atoms with Crippen LogP contribution in [0.15, 0.2) is 55.1 Å². The minimum absolute atomic E-state index is 0.230. The van der Waals surface area contributed by atoms with E-state index in [0.717, 1.165) is 16.7 Å². The second-order valence-corrected chi connectivity index (χ2v) is 9.01. The van der Waals surface area contributed by atoms with Crippen LogP contribution in [0, 0.1) is 5.92 Å². The van der Waals surface area contributed by atoms with Crippen LogP contribution in [0.2, 0.25) is 0 Å². The first kappa shape index (κ1) is 22.8. The predicted octanol–water partition coefficient (Wildman–Crippen LogP) is 5.31. The molecule has 1 N–H and O–H groups in total. The average Bonchev–Trinajstić information content (AvgIpc) is 2.64. The van der Waals surface area contributed by atoms with E-state index in [9.17, 15) is 13.6 Å². The Morgan fingerprint density at radius 3 is 1.93 bits per heavy atom. The second kappa shape index (κ2) is 9.37. The maximum Gasteiger partial charge on any atom is 0.330 e. The van der Waals surface area contributed by atoms with E-state index in [1.165, 1.54) is 4.31 Å². The largest absolute Gasteiger partial charge is 0.458 e. The highest BCUT2D eigenvalue weighted by atomic mass is 32.2. The first-order chi connectivity index (χ1) is 13.5. The summed E-state index contributed by atoms with van der Waals surface area (Å²) in [6, 6.07) is 14.3. The molecule has 0 aliphatic carbocycles. The summed E-state index contributed by atoms with van der Waals surface area (Å²) in [5.74, 6) is -0.758. The predicted molar refractivity (Wildman–Crippen MR) is 120 cm³/mol. The Bertz CT molecular complexity index is 867. The fourth-order valence-electron chi connectivity index (χ4n) is 2.96. The minimum Gasteiger partial charge on any atom is -0.458 e. The lowest BCUT2D eigenvalue weighted by molar-refractivity contribution is -0.157. The standard InChI is InChI=1S/C23H29NO4S/c1-7-17-8-10-18(11-9-17)19-12-14-20(15-13-19)24(29(26)27)21(16(2)3)22(25)28-23(4,5)6/h7-16,21H,1H2,2-6H3,(H,26,27). The van der Waals surface area contributed by atoms with Crippen LogP contribution in [-0.4, -0.2) is 26.4 Å². The van der Waals surface area contributed by atoms with Crippen LogP contribution in [0.1, 0.15) is 40.2 Å². The van der Waals surface area contributed by atoms with Crippen LogP contribution in [0.5, 0.6) is 0 Å². The van der Waals surface area contributed by atoms with Gasteiger partial charge in [-0.1, -0.05) is 62.9 Å². The summed E-state index contributed by atoms with van der Waals surface area (Å²) in [6.07, 6.45) is 1.78. The number of anilines is 1. The Kier molecular flexibility index (Phi) is 7.38. The number of benzene rings is 2. The van der Waals surface area contributed by atoms with Crippen molar-refractivity contribution in [3.8, 4) is 11.1 Å². The van der Waals surface area contributed by atoms with Gasteiger partial charge in [-0.25, -0.2) is 9.00 Å². The zero-order chi connectivity index (χ0) is 21.8. The van der Waals surface area contributed by atoms with E-state index in [-0.39, 0.29) is 5.92 Å². The van der Waals surface area contributed by atoms with E-state index in [0.29, 0.717) is 5.69 Å². The highest BCUT2D eigenvalue weighted by molar-refractivity contribution is 7.80. The summed E-state index contributed by atoms with van der Waals surface area (Å²) in [5, 5.41) is 0. The first-order valence-corrected chi connectivity index (χ1v) is 10.6. The van der Waals surface area contributed by atoms with E-state index in [2.05, 4.69) is 6.58 Å². The molecule has 0 saturated heterocycles. The van der Waals surface area contributed by atoms with Crippen LogP contribution >= 0.6 is 0 Å². The highest BCUT2D eigenvalue weighted by Gasteiger charge is 2.36. The summed E-state index contributed by atoms with van der Waals surface area (Å²) in [4.78, 5) is 12.8. The summed E-state index contributed by atoms with van der Waals surface area (Å²) in [5.41, 5.74) is 2.80. The molecule has 2 aromatic rings. The Balaban J connectivity index is 2.36. The van der Waals surface area contributed by atoms with E-state index in [1.54, 1.807) is 39.0 Å². The number of rotatable bonds is 7. The van der Waals surface area contributed by atoms with Crippen molar-refractivity contribution >= 4 is 29.0 Å². The minimum atomic E-state index is -2.39. The third-order valence-corrected chi connectivity index (χ3v) is 5.08. The molecule has 0 aliphatic heterocycles. The molecule has 0 heterocycles. The maximum absolute atomic E-state index is 12.8. The monoisotopic (exact) mass is 415 g/mol. The molecule has 156 valence electrons. The van der Waals surface area contributed by atoms with Gasteiger partial charge in [0, 0.05) is 0 Å². The first-order valence-electron chi connectivity index (χ1n) is 9.49. The van der Waals surface area contributed by atoms with E-state index < -0.39 is 28.9 Å². The van der Waals surface area contributed by atoms with Gasteiger partial charge in [-0.05, 0) is 55.5 Å². The number of hydrogen-bond acceptors (Lipinski definition) is 3. The van der Waals surface area contributed by atoms with Gasteiger partial charge in [-0.15, -0.1) is 0 Å². The SMILES string of the molecule is C=Cc1ccc(-c2ccc(N(C(C(=O)OC(C)(C)C)C(C)C)S(=O)O)cc2)cc1. The third kappa shape index (κ3) is 6.02. The summed E-state index contributed by atoms with van der Waals surface area (Å²) < 4.78 is 28.8. The Morgan fingerprint density at radius 1 is 1.07 bits per heavy atom. The van der Waals surface area contributed by atoms with Crippen molar-refractivity contribution < 1.29 is 18.3 Å². The molecule has 5 nitrogen and oxygen atoms in total. The van der Waals surface area contributed by atoms with Crippen molar-refractivity contribution in [2.75, 3.05) is 4.31 Å². The molecular weight excluding hydrogens is 386 g/mol. The number of hydrogen-bond donors (Lipinski definition) is 1. The van der Waals surface area contributed by atoms with Crippen LogP contribution in [0.3, 0.4) is 0 Å². The normalized spacial score (nSPS) is 13.6. The lowest BCUT2D eigenvalue weighted by Crippen LogP contribution is -2.48. The van der Waals surface area contributed by atoms with E-state index in [4.69, 9.17) is 4.74 Å². The second-order valence-electron chi connectivity index (χ2n) is 8.15. The van der Waals surface area contributed by atoms with Crippen molar-refractivity contribution in [3.05, 3.63) is 60.7 Å². The average molecular weight is 416 g/mol. The van der Waals surface area contributed by atoms with Gasteiger partial charge in [-0.2, -0.15) is 0 Å². The van der Waals surface area contributed by atoms with Crippen LogP contribution < -0.4 is 4.31 Å². The van der Waals surface area contributed by atoms with Crippen molar-refractivity contribution in [1.29, 1.82) is 0 Å². The summed E-state index contributed by atoms with van der Waals surface area (Å²) in [7, 11) is 0. The van der Waals surface area contributed by atoms with Gasteiger partial charge < -0.3 is 4.74 Å².